The van der Waals surface area contributed by atoms with Crippen molar-refractivity contribution < 1.29 is 14.7 Å². The number of aromatic nitrogens is 2. The lowest BCUT2D eigenvalue weighted by atomic mass is 10.4. The van der Waals surface area contributed by atoms with Crippen molar-refractivity contribution >= 4 is 0 Å². The zero-order chi connectivity index (χ0) is 11.4. The fourth-order valence-electron chi connectivity index (χ4n) is 1.58. The van der Waals surface area contributed by atoms with Gasteiger partial charge in [0, 0.05) is 19.0 Å². The molecule has 0 radical (unpaired) electrons. The van der Waals surface area contributed by atoms with Crippen molar-refractivity contribution in [2.75, 3.05) is 26.3 Å². The van der Waals surface area contributed by atoms with Crippen LogP contribution < -0.4 is 0 Å². The van der Waals surface area contributed by atoms with E-state index in [2.05, 4.69) is 10.1 Å². The van der Waals surface area contributed by atoms with E-state index in [1.807, 2.05) is 4.90 Å². The van der Waals surface area contributed by atoms with Crippen molar-refractivity contribution in [1.82, 2.24) is 15.0 Å². The van der Waals surface area contributed by atoms with Gasteiger partial charge < -0.3 is 14.7 Å². The molecule has 1 aliphatic rings. The molecule has 0 spiro atoms. The predicted octanol–water partition coefficient (Wildman–Crippen LogP) is -0.266. The fraction of sp³-hybridized carbons (Fsp3) is 0.800. The molecule has 1 fully saturated rings. The third kappa shape index (κ3) is 3.01. The largest absolute Gasteiger partial charge is 0.395 e. The average molecular weight is 227 g/mol. The number of aliphatic hydroxyl groups excluding tert-OH is 2. The maximum Gasteiger partial charge on any atom is 0.229 e. The first-order valence-electron chi connectivity index (χ1n) is 5.60. The molecule has 1 saturated carbocycles. The van der Waals surface area contributed by atoms with Gasteiger partial charge in [0.15, 0.2) is 5.82 Å². The van der Waals surface area contributed by atoms with Gasteiger partial charge in [0.2, 0.25) is 5.89 Å². The molecule has 1 aromatic heterocycles. The lowest BCUT2D eigenvalue weighted by molar-refractivity contribution is 0.152. The lowest BCUT2D eigenvalue weighted by Gasteiger charge is -2.17. The Labute approximate surface area is 93.9 Å². The van der Waals surface area contributed by atoms with Crippen LogP contribution in [-0.2, 0) is 6.54 Å². The molecule has 0 aliphatic heterocycles. The third-order valence-corrected chi connectivity index (χ3v) is 2.61. The van der Waals surface area contributed by atoms with Gasteiger partial charge in [-0.25, -0.2) is 0 Å². The number of nitrogens with zero attached hydrogens (tertiary/aromatic N) is 3. The molecule has 0 saturated heterocycles. The van der Waals surface area contributed by atoms with E-state index >= 15 is 0 Å². The van der Waals surface area contributed by atoms with Gasteiger partial charge in [-0.05, 0) is 12.8 Å². The van der Waals surface area contributed by atoms with Crippen LogP contribution in [0.4, 0.5) is 0 Å². The van der Waals surface area contributed by atoms with Crippen LogP contribution in [0.25, 0.3) is 0 Å². The summed E-state index contributed by atoms with van der Waals surface area (Å²) in [7, 11) is 0. The van der Waals surface area contributed by atoms with Crippen LogP contribution >= 0.6 is 0 Å². The number of hydrogen-bond acceptors (Lipinski definition) is 6. The number of rotatable bonds is 7. The van der Waals surface area contributed by atoms with Crippen LogP contribution in [-0.4, -0.2) is 51.6 Å². The SMILES string of the molecule is OCCN(CCO)Cc1noc(C2CC2)n1. The van der Waals surface area contributed by atoms with E-state index in [9.17, 15) is 0 Å². The molecule has 1 heterocycles. The minimum Gasteiger partial charge on any atom is -0.395 e. The summed E-state index contributed by atoms with van der Waals surface area (Å²) in [6.07, 6.45) is 2.28. The Bertz CT molecular complexity index is 319. The Morgan fingerprint density at radius 3 is 2.50 bits per heavy atom. The molecule has 16 heavy (non-hydrogen) atoms. The summed E-state index contributed by atoms with van der Waals surface area (Å²) in [5.41, 5.74) is 0. The Hall–Kier alpha value is -0.980. The summed E-state index contributed by atoms with van der Waals surface area (Å²) in [5, 5.41) is 21.6. The first-order chi connectivity index (χ1) is 7.83. The van der Waals surface area contributed by atoms with Gasteiger partial charge in [-0.15, -0.1) is 0 Å². The molecular formula is C10H17N3O3. The van der Waals surface area contributed by atoms with Gasteiger partial charge in [0.1, 0.15) is 0 Å². The van der Waals surface area contributed by atoms with Crippen LogP contribution in [0.1, 0.15) is 30.5 Å². The zero-order valence-corrected chi connectivity index (χ0v) is 9.17. The standard InChI is InChI=1S/C10H17N3O3/c14-5-3-13(4-6-15)7-9-11-10(16-12-9)8-1-2-8/h8,14-15H,1-7H2. The second kappa shape index (κ2) is 5.38. The van der Waals surface area contributed by atoms with E-state index < -0.39 is 0 Å². The maximum absolute atomic E-state index is 8.86. The van der Waals surface area contributed by atoms with Crippen molar-refractivity contribution in [2.45, 2.75) is 25.3 Å². The molecular weight excluding hydrogens is 210 g/mol. The molecule has 0 unspecified atom stereocenters. The Kier molecular flexibility index (Phi) is 3.87. The van der Waals surface area contributed by atoms with Gasteiger partial charge in [-0.2, -0.15) is 4.98 Å². The smallest absolute Gasteiger partial charge is 0.229 e. The lowest BCUT2D eigenvalue weighted by Crippen LogP contribution is -2.29. The van der Waals surface area contributed by atoms with Crippen LogP contribution in [0.15, 0.2) is 4.52 Å². The monoisotopic (exact) mass is 227 g/mol. The molecule has 90 valence electrons. The van der Waals surface area contributed by atoms with E-state index in [1.54, 1.807) is 0 Å². The van der Waals surface area contributed by atoms with E-state index in [1.165, 1.54) is 0 Å². The zero-order valence-electron chi connectivity index (χ0n) is 9.17. The quantitative estimate of drug-likeness (QED) is 0.667. The van der Waals surface area contributed by atoms with E-state index in [0.717, 1.165) is 18.7 Å². The summed E-state index contributed by atoms with van der Waals surface area (Å²) < 4.78 is 5.13. The highest BCUT2D eigenvalue weighted by atomic mass is 16.5. The van der Waals surface area contributed by atoms with E-state index in [-0.39, 0.29) is 13.2 Å². The molecule has 0 bridgehead atoms. The highest BCUT2D eigenvalue weighted by Gasteiger charge is 2.29. The van der Waals surface area contributed by atoms with Gasteiger partial charge >= 0.3 is 0 Å². The summed E-state index contributed by atoms with van der Waals surface area (Å²) in [6.45, 7) is 1.65. The molecule has 6 heteroatoms. The Balaban J connectivity index is 1.89. The van der Waals surface area contributed by atoms with Gasteiger partial charge in [-0.1, -0.05) is 5.16 Å². The molecule has 6 nitrogen and oxygen atoms in total. The molecule has 0 aromatic carbocycles. The maximum atomic E-state index is 8.86. The molecule has 0 atom stereocenters. The average Bonchev–Trinajstić information content (AvgIpc) is 3.01. The molecule has 1 aliphatic carbocycles. The summed E-state index contributed by atoms with van der Waals surface area (Å²) >= 11 is 0. The van der Waals surface area contributed by atoms with Crippen LogP contribution in [0.3, 0.4) is 0 Å². The van der Waals surface area contributed by atoms with Gasteiger partial charge in [0.05, 0.1) is 19.8 Å². The number of hydrogen-bond donors (Lipinski definition) is 2. The normalized spacial score (nSPS) is 15.9. The van der Waals surface area contributed by atoms with Crippen molar-refractivity contribution in [1.29, 1.82) is 0 Å². The van der Waals surface area contributed by atoms with Crippen molar-refractivity contribution in [3.05, 3.63) is 11.7 Å². The summed E-state index contributed by atoms with van der Waals surface area (Å²) in [5.74, 6) is 1.82. The topological polar surface area (TPSA) is 82.6 Å². The second-order valence-corrected chi connectivity index (χ2v) is 4.05. The minimum atomic E-state index is 0.0628. The molecule has 2 N–H and O–H groups in total. The van der Waals surface area contributed by atoms with E-state index in [0.29, 0.717) is 31.4 Å². The second-order valence-electron chi connectivity index (χ2n) is 4.05. The van der Waals surface area contributed by atoms with E-state index in [4.69, 9.17) is 14.7 Å². The van der Waals surface area contributed by atoms with Gasteiger partial charge in [-0.3, -0.25) is 4.90 Å². The fourth-order valence-corrected chi connectivity index (χ4v) is 1.58. The minimum absolute atomic E-state index is 0.0628. The molecule has 0 amide bonds. The first kappa shape index (κ1) is 11.5. The predicted molar refractivity (Wildman–Crippen MR) is 55.7 cm³/mol. The van der Waals surface area contributed by atoms with Crippen LogP contribution in [0.5, 0.6) is 0 Å². The van der Waals surface area contributed by atoms with Crippen molar-refractivity contribution in [3.8, 4) is 0 Å². The van der Waals surface area contributed by atoms with Crippen LogP contribution in [0.2, 0.25) is 0 Å². The Morgan fingerprint density at radius 1 is 1.25 bits per heavy atom. The molecule has 1 aromatic rings. The molecule has 2 rings (SSSR count). The summed E-state index contributed by atoms with van der Waals surface area (Å²) in [6, 6.07) is 0. The highest BCUT2D eigenvalue weighted by Crippen LogP contribution is 2.38. The summed E-state index contributed by atoms with van der Waals surface area (Å²) in [4.78, 5) is 6.18. The van der Waals surface area contributed by atoms with Gasteiger partial charge in [0.25, 0.3) is 0 Å². The first-order valence-corrected chi connectivity index (χ1v) is 5.60. The Morgan fingerprint density at radius 2 is 1.94 bits per heavy atom. The van der Waals surface area contributed by atoms with Crippen molar-refractivity contribution in [2.24, 2.45) is 0 Å². The number of aliphatic hydroxyl groups is 2. The van der Waals surface area contributed by atoms with Crippen molar-refractivity contribution in [3.63, 3.8) is 0 Å². The highest BCUT2D eigenvalue weighted by molar-refractivity contribution is 5.01. The third-order valence-electron chi connectivity index (χ3n) is 2.61. The van der Waals surface area contributed by atoms with Crippen LogP contribution in [0, 0.1) is 0 Å².